The SMILES string of the molecule is CCC(N)CCN(C)CCCN(C)C. The fourth-order valence-electron chi connectivity index (χ4n) is 1.36. The number of hydrogen-bond acceptors (Lipinski definition) is 3. The molecular formula is C11H27N3. The van der Waals surface area contributed by atoms with Gasteiger partial charge in [-0.15, -0.1) is 0 Å². The lowest BCUT2D eigenvalue weighted by Crippen LogP contribution is -2.29. The van der Waals surface area contributed by atoms with Crippen LogP contribution >= 0.6 is 0 Å². The minimum Gasteiger partial charge on any atom is -0.328 e. The van der Waals surface area contributed by atoms with Crippen molar-refractivity contribution >= 4 is 0 Å². The molecule has 0 fully saturated rings. The summed E-state index contributed by atoms with van der Waals surface area (Å²) >= 11 is 0. The number of rotatable bonds is 8. The Bertz CT molecular complexity index is 126. The average molecular weight is 201 g/mol. The lowest BCUT2D eigenvalue weighted by molar-refractivity contribution is 0.289. The van der Waals surface area contributed by atoms with E-state index >= 15 is 0 Å². The van der Waals surface area contributed by atoms with E-state index in [0.717, 1.165) is 19.4 Å². The third-order valence-corrected chi connectivity index (χ3v) is 2.55. The zero-order valence-corrected chi connectivity index (χ0v) is 10.3. The van der Waals surface area contributed by atoms with Gasteiger partial charge in [0.25, 0.3) is 0 Å². The molecule has 2 N–H and O–H groups in total. The molecule has 0 bridgehead atoms. The van der Waals surface area contributed by atoms with Crippen molar-refractivity contribution in [2.24, 2.45) is 5.73 Å². The van der Waals surface area contributed by atoms with Crippen LogP contribution in [0, 0.1) is 0 Å². The van der Waals surface area contributed by atoms with Crippen molar-refractivity contribution in [2.45, 2.75) is 32.2 Å². The highest BCUT2D eigenvalue weighted by Gasteiger charge is 2.02. The largest absolute Gasteiger partial charge is 0.328 e. The van der Waals surface area contributed by atoms with E-state index in [2.05, 4.69) is 37.9 Å². The molecule has 0 aliphatic heterocycles. The van der Waals surface area contributed by atoms with Crippen molar-refractivity contribution in [1.29, 1.82) is 0 Å². The fraction of sp³-hybridized carbons (Fsp3) is 1.00. The third-order valence-electron chi connectivity index (χ3n) is 2.55. The molecule has 3 nitrogen and oxygen atoms in total. The first-order valence-corrected chi connectivity index (χ1v) is 5.65. The average Bonchev–Trinajstić information content (AvgIpc) is 2.13. The second-order valence-electron chi connectivity index (χ2n) is 4.42. The van der Waals surface area contributed by atoms with E-state index in [9.17, 15) is 0 Å². The molecule has 0 aromatic heterocycles. The second-order valence-corrected chi connectivity index (χ2v) is 4.42. The van der Waals surface area contributed by atoms with E-state index < -0.39 is 0 Å². The molecule has 0 radical (unpaired) electrons. The first-order valence-electron chi connectivity index (χ1n) is 5.65. The summed E-state index contributed by atoms with van der Waals surface area (Å²) in [7, 11) is 6.41. The van der Waals surface area contributed by atoms with Crippen LogP contribution in [-0.2, 0) is 0 Å². The molecule has 0 aromatic carbocycles. The molecule has 3 heteroatoms. The summed E-state index contributed by atoms with van der Waals surface area (Å²) in [5, 5.41) is 0. The van der Waals surface area contributed by atoms with Crippen LogP contribution in [0.1, 0.15) is 26.2 Å². The second kappa shape index (κ2) is 8.21. The molecule has 14 heavy (non-hydrogen) atoms. The van der Waals surface area contributed by atoms with Gasteiger partial charge in [-0.3, -0.25) is 0 Å². The summed E-state index contributed by atoms with van der Waals surface area (Å²) in [5.41, 5.74) is 5.86. The minimum atomic E-state index is 0.381. The monoisotopic (exact) mass is 201 g/mol. The molecule has 0 amide bonds. The topological polar surface area (TPSA) is 32.5 Å². The molecule has 1 atom stereocenters. The molecule has 0 saturated carbocycles. The first-order chi connectivity index (χ1) is 6.56. The molecule has 1 unspecified atom stereocenters. The summed E-state index contributed by atoms with van der Waals surface area (Å²) in [6.07, 6.45) is 3.45. The van der Waals surface area contributed by atoms with Crippen molar-refractivity contribution in [1.82, 2.24) is 9.80 Å². The predicted molar refractivity (Wildman–Crippen MR) is 63.6 cm³/mol. The summed E-state index contributed by atoms with van der Waals surface area (Å²) in [5.74, 6) is 0. The minimum absolute atomic E-state index is 0.381. The quantitative estimate of drug-likeness (QED) is 0.636. The van der Waals surface area contributed by atoms with Gasteiger partial charge in [0.05, 0.1) is 0 Å². The standard InChI is InChI=1S/C11H27N3/c1-5-11(12)7-10-14(4)9-6-8-13(2)3/h11H,5-10,12H2,1-4H3. The summed E-state index contributed by atoms with van der Waals surface area (Å²) in [6.45, 7) is 5.62. The van der Waals surface area contributed by atoms with Gasteiger partial charge < -0.3 is 15.5 Å². The maximum Gasteiger partial charge on any atom is 0.00483 e. The van der Waals surface area contributed by atoms with Crippen LogP contribution in [0.15, 0.2) is 0 Å². The summed E-state index contributed by atoms with van der Waals surface area (Å²) < 4.78 is 0. The molecule has 86 valence electrons. The van der Waals surface area contributed by atoms with E-state index in [-0.39, 0.29) is 0 Å². The predicted octanol–water partition coefficient (Wildman–Crippen LogP) is 0.997. The third kappa shape index (κ3) is 8.48. The molecule has 0 aliphatic carbocycles. The van der Waals surface area contributed by atoms with E-state index in [1.54, 1.807) is 0 Å². The van der Waals surface area contributed by atoms with Crippen molar-refractivity contribution in [3.05, 3.63) is 0 Å². The highest BCUT2D eigenvalue weighted by atomic mass is 15.1. The number of nitrogens with zero attached hydrogens (tertiary/aromatic N) is 2. The van der Waals surface area contributed by atoms with Crippen LogP contribution in [0.25, 0.3) is 0 Å². The Labute approximate surface area is 89.2 Å². The Morgan fingerprint density at radius 3 is 2.21 bits per heavy atom. The Hall–Kier alpha value is -0.120. The normalized spacial score (nSPS) is 13.9. The number of hydrogen-bond donors (Lipinski definition) is 1. The van der Waals surface area contributed by atoms with Gasteiger partial charge in [-0.25, -0.2) is 0 Å². The maximum atomic E-state index is 5.86. The van der Waals surface area contributed by atoms with Crippen molar-refractivity contribution < 1.29 is 0 Å². The van der Waals surface area contributed by atoms with Crippen LogP contribution in [0.5, 0.6) is 0 Å². The molecular weight excluding hydrogens is 174 g/mol. The van der Waals surface area contributed by atoms with Crippen LogP contribution in [-0.4, -0.2) is 56.6 Å². The summed E-state index contributed by atoms with van der Waals surface area (Å²) in [6, 6.07) is 0.381. The lowest BCUT2D eigenvalue weighted by atomic mass is 10.1. The van der Waals surface area contributed by atoms with E-state index in [1.807, 2.05) is 0 Å². The molecule has 0 rings (SSSR count). The first kappa shape index (κ1) is 13.9. The zero-order chi connectivity index (χ0) is 11.0. The maximum absolute atomic E-state index is 5.86. The van der Waals surface area contributed by atoms with Crippen LogP contribution in [0.2, 0.25) is 0 Å². The Morgan fingerprint density at radius 2 is 1.71 bits per heavy atom. The van der Waals surface area contributed by atoms with E-state index in [0.29, 0.717) is 6.04 Å². The summed E-state index contributed by atoms with van der Waals surface area (Å²) in [4.78, 5) is 4.60. The fourth-order valence-corrected chi connectivity index (χ4v) is 1.36. The van der Waals surface area contributed by atoms with Gasteiger partial charge in [-0.2, -0.15) is 0 Å². The lowest BCUT2D eigenvalue weighted by Gasteiger charge is -2.19. The Balaban J connectivity index is 3.32. The molecule has 0 heterocycles. The van der Waals surface area contributed by atoms with Crippen molar-refractivity contribution in [2.75, 3.05) is 40.8 Å². The van der Waals surface area contributed by atoms with Gasteiger partial charge in [0, 0.05) is 6.04 Å². The highest BCUT2D eigenvalue weighted by molar-refractivity contribution is 4.62. The van der Waals surface area contributed by atoms with Gasteiger partial charge >= 0.3 is 0 Å². The van der Waals surface area contributed by atoms with E-state index in [4.69, 9.17) is 5.73 Å². The van der Waals surface area contributed by atoms with Crippen LogP contribution < -0.4 is 5.73 Å². The van der Waals surface area contributed by atoms with E-state index in [1.165, 1.54) is 19.5 Å². The van der Waals surface area contributed by atoms with Gasteiger partial charge in [-0.1, -0.05) is 6.92 Å². The van der Waals surface area contributed by atoms with Gasteiger partial charge in [0.2, 0.25) is 0 Å². The van der Waals surface area contributed by atoms with Crippen molar-refractivity contribution in [3.8, 4) is 0 Å². The smallest absolute Gasteiger partial charge is 0.00483 e. The Kier molecular flexibility index (Phi) is 8.14. The van der Waals surface area contributed by atoms with Gasteiger partial charge in [0.15, 0.2) is 0 Å². The van der Waals surface area contributed by atoms with Gasteiger partial charge in [0.1, 0.15) is 0 Å². The highest BCUT2D eigenvalue weighted by Crippen LogP contribution is 1.97. The van der Waals surface area contributed by atoms with Crippen LogP contribution in [0.4, 0.5) is 0 Å². The molecule has 0 spiro atoms. The van der Waals surface area contributed by atoms with Crippen molar-refractivity contribution in [3.63, 3.8) is 0 Å². The number of nitrogens with two attached hydrogens (primary N) is 1. The Morgan fingerprint density at radius 1 is 1.07 bits per heavy atom. The van der Waals surface area contributed by atoms with Crippen LogP contribution in [0.3, 0.4) is 0 Å². The van der Waals surface area contributed by atoms with Gasteiger partial charge in [-0.05, 0) is 60.0 Å². The molecule has 0 aliphatic rings. The molecule has 0 saturated heterocycles. The zero-order valence-electron chi connectivity index (χ0n) is 10.3. The molecule has 0 aromatic rings.